The largest absolute Gasteiger partial charge is 0.468 e. The molecule has 1 unspecified atom stereocenters. The van der Waals surface area contributed by atoms with Crippen LogP contribution in [0.25, 0.3) is 0 Å². The van der Waals surface area contributed by atoms with E-state index in [9.17, 15) is 48.7 Å². The van der Waals surface area contributed by atoms with Crippen molar-refractivity contribution in [3.63, 3.8) is 0 Å². The van der Waals surface area contributed by atoms with E-state index < -0.39 is 70.2 Å². The second-order valence-corrected chi connectivity index (χ2v) is 12.5. The SMILES string of the molecule is O=C(OC(OCCC(F)(F)C(F)(F)S(=O)(=O)O)(C(=O)OCc1ccccc1)C(F)(F)F)C12CC3CC(CC(C3)C1)C2. The quantitative estimate of drug-likeness (QED) is 0.154. The lowest BCUT2D eigenvalue weighted by molar-refractivity contribution is -0.361. The number of rotatable bonds is 11. The molecule has 4 fully saturated rings. The Kier molecular flexibility index (Phi) is 8.19. The van der Waals surface area contributed by atoms with Gasteiger partial charge in [0.1, 0.15) is 6.61 Å². The Hall–Kier alpha value is -2.46. The van der Waals surface area contributed by atoms with Crippen molar-refractivity contribution in [2.45, 2.75) is 74.7 Å². The third-order valence-corrected chi connectivity index (χ3v) is 8.98. The Morgan fingerprint density at radius 2 is 1.41 bits per heavy atom. The Labute approximate surface area is 230 Å². The van der Waals surface area contributed by atoms with Crippen molar-refractivity contribution in [2.75, 3.05) is 6.61 Å². The summed E-state index contributed by atoms with van der Waals surface area (Å²) in [5.41, 5.74) is -1.19. The number of carbonyl (C=O) groups excluding carboxylic acids is 2. The lowest BCUT2D eigenvalue weighted by atomic mass is 9.49. The molecule has 8 nitrogen and oxygen atoms in total. The second-order valence-electron chi connectivity index (χ2n) is 11.1. The highest BCUT2D eigenvalue weighted by Gasteiger charge is 2.71. The summed E-state index contributed by atoms with van der Waals surface area (Å²) in [6.45, 7) is -2.83. The first kappa shape index (κ1) is 31.5. The van der Waals surface area contributed by atoms with Crippen LogP contribution in [-0.4, -0.2) is 54.7 Å². The second kappa shape index (κ2) is 10.7. The first-order valence-electron chi connectivity index (χ1n) is 12.7. The number of alkyl halides is 7. The zero-order chi connectivity index (χ0) is 30.5. The average Bonchev–Trinajstić information content (AvgIpc) is 2.84. The van der Waals surface area contributed by atoms with Crippen LogP contribution in [0.3, 0.4) is 0 Å². The zero-order valence-corrected chi connectivity index (χ0v) is 22.2. The fourth-order valence-corrected chi connectivity index (χ4v) is 6.94. The summed E-state index contributed by atoms with van der Waals surface area (Å²) in [7, 11) is -6.69. The van der Waals surface area contributed by atoms with Crippen molar-refractivity contribution in [1.29, 1.82) is 0 Å². The molecule has 4 bridgehead atoms. The van der Waals surface area contributed by atoms with Gasteiger partial charge in [-0.25, -0.2) is 4.79 Å². The molecule has 0 aromatic heterocycles. The standard InChI is InChI=1S/C25H27F7O8S/c26-22(27,25(31,32)41(35,36)37)6-7-39-23(24(28,29)30,20(34)38-14-15-4-2-1-3-5-15)40-19(33)21-11-16-8-17(12-21)10-18(9-16)13-21/h1-5,16-18H,6-14H2,(H,35,36,37). The fourth-order valence-electron chi connectivity index (χ4n) is 6.46. The maximum atomic E-state index is 14.6. The first-order chi connectivity index (χ1) is 18.8. The van der Waals surface area contributed by atoms with Crippen LogP contribution in [0.5, 0.6) is 0 Å². The van der Waals surface area contributed by atoms with E-state index >= 15 is 0 Å². The van der Waals surface area contributed by atoms with Gasteiger partial charge < -0.3 is 14.2 Å². The summed E-state index contributed by atoms with van der Waals surface area (Å²) in [6.07, 6.45) is -5.47. The third-order valence-electron chi connectivity index (χ3n) is 8.03. The highest BCUT2D eigenvalue weighted by molar-refractivity contribution is 7.87. The predicted octanol–water partition coefficient (Wildman–Crippen LogP) is 5.27. The summed E-state index contributed by atoms with van der Waals surface area (Å²) in [5, 5.41) is -6.10. The molecule has 0 saturated heterocycles. The van der Waals surface area contributed by atoms with Gasteiger partial charge in [0.15, 0.2) is 0 Å². The molecule has 0 amide bonds. The first-order valence-corrected chi connectivity index (χ1v) is 14.1. The zero-order valence-electron chi connectivity index (χ0n) is 21.3. The van der Waals surface area contributed by atoms with Crippen LogP contribution >= 0.6 is 0 Å². The third kappa shape index (κ3) is 5.91. The van der Waals surface area contributed by atoms with E-state index in [1.54, 1.807) is 6.07 Å². The van der Waals surface area contributed by atoms with Gasteiger partial charge >= 0.3 is 45.2 Å². The van der Waals surface area contributed by atoms with E-state index in [1.165, 1.54) is 24.3 Å². The molecule has 0 heterocycles. The van der Waals surface area contributed by atoms with Crippen molar-refractivity contribution < 1.29 is 67.5 Å². The molecule has 230 valence electrons. The fraction of sp³-hybridized carbons (Fsp3) is 0.680. The molecule has 0 radical (unpaired) electrons. The summed E-state index contributed by atoms with van der Waals surface area (Å²) in [4.78, 5) is 26.3. The Morgan fingerprint density at radius 1 is 0.902 bits per heavy atom. The molecule has 0 aliphatic heterocycles. The van der Waals surface area contributed by atoms with Crippen molar-refractivity contribution in [2.24, 2.45) is 23.2 Å². The smallest absolute Gasteiger partial charge is 0.456 e. The number of hydrogen-bond acceptors (Lipinski definition) is 7. The van der Waals surface area contributed by atoms with Crippen LogP contribution in [0.4, 0.5) is 30.7 Å². The van der Waals surface area contributed by atoms with Crippen LogP contribution in [0.15, 0.2) is 30.3 Å². The molecule has 5 rings (SSSR count). The summed E-state index contributed by atoms with van der Waals surface area (Å²) >= 11 is 0. The number of esters is 2. The van der Waals surface area contributed by atoms with Crippen LogP contribution in [0.1, 0.15) is 50.5 Å². The molecular formula is C25H27F7O8S. The van der Waals surface area contributed by atoms with Gasteiger partial charge in [-0.2, -0.15) is 39.2 Å². The van der Waals surface area contributed by atoms with Gasteiger partial charge in [0, 0.05) is 6.42 Å². The van der Waals surface area contributed by atoms with E-state index in [4.69, 9.17) is 14.0 Å². The molecule has 0 spiro atoms. The molecule has 1 aromatic rings. The molecule has 4 aliphatic carbocycles. The van der Waals surface area contributed by atoms with Gasteiger partial charge in [-0.1, -0.05) is 30.3 Å². The number of carbonyl (C=O) groups is 2. The Bertz CT molecular complexity index is 1220. The Balaban J connectivity index is 1.62. The number of ether oxygens (including phenoxy) is 3. The summed E-state index contributed by atoms with van der Waals surface area (Å²) in [5.74, 6) is -14.0. The molecule has 16 heteroatoms. The lowest BCUT2D eigenvalue weighted by Gasteiger charge is -2.55. The van der Waals surface area contributed by atoms with Crippen molar-refractivity contribution in [3.8, 4) is 0 Å². The average molecular weight is 621 g/mol. The highest BCUT2D eigenvalue weighted by atomic mass is 32.2. The van der Waals surface area contributed by atoms with Crippen LogP contribution in [-0.2, 0) is 40.5 Å². The molecule has 1 N–H and O–H groups in total. The maximum Gasteiger partial charge on any atom is 0.468 e. The molecule has 4 saturated carbocycles. The predicted molar refractivity (Wildman–Crippen MR) is 124 cm³/mol. The molecular weight excluding hydrogens is 593 g/mol. The lowest BCUT2D eigenvalue weighted by Crippen LogP contribution is -2.61. The van der Waals surface area contributed by atoms with Crippen LogP contribution in [0, 0.1) is 23.2 Å². The normalized spacial score (nSPS) is 27.8. The van der Waals surface area contributed by atoms with Gasteiger partial charge in [-0.15, -0.1) is 0 Å². The van der Waals surface area contributed by atoms with E-state index in [0.29, 0.717) is 0 Å². The van der Waals surface area contributed by atoms with Crippen molar-refractivity contribution in [3.05, 3.63) is 35.9 Å². The summed E-state index contributed by atoms with van der Waals surface area (Å²) in [6, 6.07) is 7.26. The number of halogens is 7. The molecule has 1 atom stereocenters. The van der Waals surface area contributed by atoms with E-state index in [2.05, 4.69) is 4.74 Å². The molecule has 4 aliphatic rings. The van der Waals surface area contributed by atoms with Gasteiger partial charge in [-0.3, -0.25) is 9.35 Å². The monoisotopic (exact) mass is 620 g/mol. The van der Waals surface area contributed by atoms with Crippen molar-refractivity contribution in [1.82, 2.24) is 0 Å². The van der Waals surface area contributed by atoms with E-state index in [-0.39, 0.29) is 42.6 Å². The van der Waals surface area contributed by atoms with Gasteiger partial charge in [0.25, 0.3) is 0 Å². The number of benzene rings is 1. The van der Waals surface area contributed by atoms with E-state index in [1.807, 2.05) is 0 Å². The molecule has 1 aromatic carbocycles. The number of hydrogen-bond donors (Lipinski definition) is 1. The minimum atomic E-state index is -6.69. The maximum absolute atomic E-state index is 14.6. The highest BCUT2D eigenvalue weighted by Crippen LogP contribution is 2.61. The van der Waals surface area contributed by atoms with Crippen LogP contribution < -0.4 is 0 Å². The minimum Gasteiger partial charge on any atom is -0.456 e. The van der Waals surface area contributed by atoms with E-state index in [0.717, 1.165) is 19.3 Å². The van der Waals surface area contributed by atoms with Gasteiger partial charge in [0.05, 0.1) is 12.0 Å². The van der Waals surface area contributed by atoms with Gasteiger partial charge in [0.2, 0.25) is 0 Å². The molecule has 41 heavy (non-hydrogen) atoms. The Morgan fingerprint density at radius 3 is 1.88 bits per heavy atom. The van der Waals surface area contributed by atoms with Gasteiger partial charge in [-0.05, 0) is 61.8 Å². The summed E-state index contributed by atoms with van der Waals surface area (Å²) < 4.78 is 143. The minimum absolute atomic E-state index is 0.0430. The van der Waals surface area contributed by atoms with Crippen LogP contribution in [0.2, 0.25) is 0 Å². The van der Waals surface area contributed by atoms with Crippen molar-refractivity contribution >= 4 is 22.1 Å². The topological polar surface area (TPSA) is 116 Å².